The molecule has 2 aliphatic carbocycles. The van der Waals surface area contributed by atoms with Gasteiger partial charge in [-0.25, -0.2) is 0 Å². The van der Waals surface area contributed by atoms with E-state index in [-0.39, 0.29) is 56.5 Å². The average molecular weight is 493 g/mol. The summed E-state index contributed by atoms with van der Waals surface area (Å²) >= 11 is 0. The molecule has 3 aliphatic rings. The van der Waals surface area contributed by atoms with Crippen molar-refractivity contribution in [2.24, 2.45) is 17.8 Å². The number of hydrogen-bond donors (Lipinski definition) is 1. The third kappa shape index (κ3) is 4.78. The molecule has 0 aromatic carbocycles. The Morgan fingerprint density at radius 3 is 2.50 bits per heavy atom. The van der Waals surface area contributed by atoms with Crippen LogP contribution in [0.1, 0.15) is 44.9 Å². The summed E-state index contributed by atoms with van der Waals surface area (Å²) in [4.78, 5) is 0. The number of allylic oxidation sites excluding steroid dienone is 2. The maximum absolute atomic E-state index is 9.99. The standard InChI is InChI=1S/C16H26O3.Ac/c17-15(6-7-16-18-8-9-19-16)3-1-2-13-10-12-4-5-14(13)11-12;/h4-5,12-17H,1-3,6-11H2;. The second-order valence-corrected chi connectivity index (χ2v) is 6.37. The van der Waals surface area contributed by atoms with E-state index in [2.05, 4.69) is 12.2 Å². The van der Waals surface area contributed by atoms with Crippen molar-refractivity contribution in [1.29, 1.82) is 0 Å². The van der Waals surface area contributed by atoms with Crippen LogP contribution in [0, 0.1) is 61.8 Å². The molecule has 4 heteroatoms. The summed E-state index contributed by atoms with van der Waals surface area (Å²) < 4.78 is 10.8. The predicted octanol–water partition coefficient (Wildman–Crippen LogP) is 2.88. The summed E-state index contributed by atoms with van der Waals surface area (Å²) in [7, 11) is 0. The van der Waals surface area contributed by atoms with Gasteiger partial charge in [-0.3, -0.25) is 0 Å². The van der Waals surface area contributed by atoms with E-state index in [0.29, 0.717) is 13.2 Å². The van der Waals surface area contributed by atoms with E-state index in [0.717, 1.165) is 43.4 Å². The quantitative estimate of drug-likeness (QED) is 0.555. The molecule has 0 aromatic rings. The van der Waals surface area contributed by atoms with Crippen molar-refractivity contribution in [2.45, 2.75) is 57.3 Å². The van der Waals surface area contributed by atoms with Crippen molar-refractivity contribution in [3.05, 3.63) is 12.2 Å². The number of aliphatic hydroxyl groups excluding tert-OH is 1. The molecule has 1 radical (unpaired) electrons. The van der Waals surface area contributed by atoms with Crippen LogP contribution in [-0.2, 0) is 9.47 Å². The van der Waals surface area contributed by atoms with Crippen molar-refractivity contribution >= 4 is 0 Å². The number of aliphatic hydroxyl groups is 1. The fourth-order valence-electron chi connectivity index (χ4n) is 3.89. The number of rotatable bonds is 7. The molecule has 111 valence electrons. The van der Waals surface area contributed by atoms with Gasteiger partial charge < -0.3 is 14.6 Å². The van der Waals surface area contributed by atoms with Crippen LogP contribution in [-0.4, -0.2) is 30.7 Å². The molecule has 20 heavy (non-hydrogen) atoms. The van der Waals surface area contributed by atoms with Crippen LogP contribution in [0.5, 0.6) is 0 Å². The van der Waals surface area contributed by atoms with Gasteiger partial charge in [0, 0.05) is 50.5 Å². The summed E-state index contributed by atoms with van der Waals surface area (Å²) in [5, 5.41) is 9.99. The minimum atomic E-state index is -0.179. The van der Waals surface area contributed by atoms with Gasteiger partial charge in [-0.05, 0) is 49.9 Å². The topological polar surface area (TPSA) is 38.7 Å². The van der Waals surface area contributed by atoms with Crippen LogP contribution in [0.3, 0.4) is 0 Å². The van der Waals surface area contributed by atoms with Crippen molar-refractivity contribution < 1.29 is 58.6 Å². The Hall–Kier alpha value is 1.06. The first-order valence-corrected chi connectivity index (χ1v) is 7.91. The zero-order valence-corrected chi connectivity index (χ0v) is 17.0. The fourth-order valence-corrected chi connectivity index (χ4v) is 3.89. The Bertz CT molecular complexity index is 315. The van der Waals surface area contributed by atoms with Gasteiger partial charge in [0.1, 0.15) is 0 Å². The first kappa shape index (κ1) is 17.4. The Balaban J connectivity index is 0.00000147. The molecule has 4 unspecified atom stereocenters. The molecule has 2 fully saturated rings. The largest absolute Gasteiger partial charge is 0.393 e. The van der Waals surface area contributed by atoms with Crippen LogP contribution in [0.25, 0.3) is 0 Å². The smallest absolute Gasteiger partial charge is 0.157 e. The van der Waals surface area contributed by atoms with Crippen molar-refractivity contribution in [3.8, 4) is 0 Å². The Labute approximate surface area is 158 Å². The molecule has 2 bridgehead atoms. The minimum absolute atomic E-state index is 0. The van der Waals surface area contributed by atoms with E-state index in [1.165, 1.54) is 19.3 Å². The Morgan fingerprint density at radius 1 is 1.05 bits per heavy atom. The molecule has 0 amide bonds. The fraction of sp³-hybridized carbons (Fsp3) is 0.875. The maximum Gasteiger partial charge on any atom is 0.157 e. The second-order valence-electron chi connectivity index (χ2n) is 6.37. The Kier molecular flexibility index (Phi) is 7.52. The number of ether oxygens (including phenoxy) is 2. The molecule has 1 heterocycles. The first-order valence-electron chi connectivity index (χ1n) is 7.91. The Morgan fingerprint density at radius 2 is 1.85 bits per heavy atom. The number of fused-ring (bicyclic) bond motifs is 2. The van der Waals surface area contributed by atoms with Crippen molar-refractivity contribution in [1.82, 2.24) is 0 Å². The molecular formula is C16H26AcO3. The van der Waals surface area contributed by atoms with Crippen LogP contribution in [0.15, 0.2) is 12.2 Å². The molecule has 3 nitrogen and oxygen atoms in total. The SMILES string of the molecule is OC(CCCC1CC2C=CC1C2)CCC1OCCO1.[Ac]. The molecular weight excluding hydrogens is 467 g/mol. The van der Waals surface area contributed by atoms with Gasteiger partial charge in [0.2, 0.25) is 0 Å². The van der Waals surface area contributed by atoms with Gasteiger partial charge in [0.05, 0.1) is 19.3 Å². The van der Waals surface area contributed by atoms with Gasteiger partial charge in [0.25, 0.3) is 0 Å². The van der Waals surface area contributed by atoms with Crippen LogP contribution in [0.4, 0.5) is 0 Å². The molecule has 4 atom stereocenters. The summed E-state index contributed by atoms with van der Waals surface area (Å²) in [5.74, 6) is 2.61. The third-order valence-electron chi connectivity index (χ3n) is 4.96. The summed E-state index contributed by atoms with van der Waals surface area (Å²) in [6, 6.07) is 0. The van der Waals surface area contributed by atoms with E-state index in [4.69, 9.17) is 9.47 Å². The zero-order chi connectivity index (χ0) is 13.1. The summed E-state index contributed by atoms with van der Waals surface area (Å²) in [6.07, 6.45) is 12.4. The van der Waals surface area contributed by atoms with E-state index < -0.39 is 0 Å². The molecule has 1 saturated carbocycles. The first-order chi connectivity index (χ1) is 9.31. The van der Waals surface area contributed by atoms with Crippen molar-refractivity contribution in [2.75, 3.05) is 13.2 Å². The van der Waals surface area contributed by atoms with Gasteiger partial charge in [-0.15, -0.1) is 0 Å². The predicted molar refractivity (Wildman–Crippen MR) is 73.6 cm³/mol. The zero-order valence-electron chi connectivity index (χ0n) is 12.2. The van der Waals surface area contributed by atoms with Crippen LogP contribution < -0.4 is 0 Å². The molecule has 1 N–H and O–H groups in total. The minimum Gasteiger partial charge on any atom is -0.393 e. The van der Waals surface area contributed by atoms with Gasteiger partial charge in [-0.1, -0.05) is 18.6 Å². The van der Waals surface area contributed by atoms with E-state index in [1.807, 2.05) is 0 Å². The molecule has 1 saturated heterocycles. The monoisotopic (exact) mass is 493 g/mol. The van der Waals surface area contributed by atoms with Crippen LogP contribution in [0.2, 0.25) is 0 Å². The van der Waals surface area contributed by atoms with Gasteiger partial charge in [-0.2, -0.15) is 0 Å². The van der Waals surface area contributed by atoms with Gasteiger partial charge in [0.15, 0.2) is 6.29 Å². The second kappa shape index (κ2) is 8.63. The summed E-state index contributed by atoms with van der Waals surface area (Å²) in [5.41, 5.74) is 0. The van der Waals surface area contributed by atoms with E-state index in [9.17, 15) is 5.11 Å². The molecule has 0 spiro atoms. The third-order valence-corrected chi connectivity index (χ3v) is 4.96. The van der Waals surface area contributed by atoms with E-state index in [1.54, 1.807) is 0 Å². The molecule has 3 rings (SSSR count). The number of hydrogen-bond acceptors (Lipinski definition) is 3. The summed E-state index contributed by atoms with van der Waals surface area (Å²) in [6.45, 7) is 1.41. The molecule has 0 aromatic heterocycles. The maximum atomic E-state index is 9.99. The van der Waals surface area contributed by atoms with Gasteiger partial charge >= 0.3 is 0 Å². The van der Waals surface area contributed by atoms with Crippen LogP contribution >= 0.6 is 0 Å². The average Bonchev–Trinajstić information content (AvgIpc) is 3.13. The van der Waals surface area contributed by atoms with E-state index >= 15 is 0 Å². The normalized spacial score (nSPS) is 33.5. The van der Waals surface area contributed by atoms with Crippen molar-refractivity contribution in [3.63, 3.8) is 0 Å². The molecule has 1 aliphatic heterocycles.